The molecule has 2 amide bonds. The zero-order valence-corrected chi connectivity index (χ0v) is 22.4. The highest BCUT2D eigenvalue weighted by atomic mass is 16.2. The number of amides is 2. The molecule has 7 aliphatic carbocycles. The predicted molar refractivity (Wildman–Crippen MR) is 140 cm³/mol. The van der Waals surface area contributed by atoms with Crippen LogP contribution >= 0.6 is 0 Å². The largest absolute Gasteiger partial charge is 0.387 e. The summed E-state index contributed by atoms with van der Waals surface area (Å²) >= 11 is 0. The Kier molecular flexibility index (Phi) is 4.91. The van der Waals surface area contributed by atoms with Gasteiger partial charge in [0.25, 0.3) is 0 Å². The van der Waals surface area contributed by atoms with Crippen molar-refractivity contribution in [2.45, 2.75) is 102 Å². The maximum Gasteiger partial charge on any atom is 0.315 e. The summed E-state index contributed by atoms with van der Waals surface area (Å²) in [4.78, 5) is 28.0. The molecule has 6 nitrogen and oxygen atoms in total. The van der Waals surface area contributed by atoms with Crippen molar-refractivity contribution in [1.82, 2.24) is 10.2 Å². The van der Waals surface area contributed by atoms with E-state index in [1.165, 1.54) is 25.0 Å². The quantitative estimate of drug-likeness (QED) is 0.543. The summed E-state index contributed by atoms with van der Waals surface area (Å²) in [5, 5.41) is 3.73. The number of nitrogens with one attached hydrogen (secondary N) is 1. The predicted octanol–water partition coefficient (Wildman–Crippen LogP) is 4.33. The number of rotatable bonds is 3. The highest BCUT2D eigenvalue weighted by Crippen LogP contribution is 2.69. The van der Waals surface area contributed by atoms with E-state index in [9.17, 15) is 9.59 Å². The normalized spacial score (nSPS) is 52.6. The Morgan fingerprint density at radius 1 is 1.03 bits per heavy atom. The minimum atomic E-state index is -0.348. The first-order valence-corrected chi connectivity index (χ1v) is 14.9. The second-order valence-corrected chi connectivity index (χ2v) is 14.7. The van der Waals surface area contributed by atoms with Gasteiger partial charge in [-0.2, -0.15) is 0 Å². The number of carbonyl (C=O) groups excluding carboxylic acids is 2. The second kappa shape index (κ2) is 7.51. The van der Waals surface area contributed by atoms with Gasteiger partial charge in [0, 0.05) is 42.2 Å². The van der Waals surface area contributed by atoms with Gasteiger partial charge < -0.3 is 21.7 Å². The molecule has 6 heteroatoms. The van der Waals surface area contributed by atoms with Crippen LogP contribution in [0.5, 0.6) is 0 Å². The summed E-state index contributed by atoms with van der Waals surface area (Å²) in [6.07, 6.45) is 15.4. The number of piperidine rings is 1. The monoisotopic (exact) mass is 494 g/mol. The topological polar surface area (TPSA) is 101 Å². The van der Waals surface area contributed by atoms with E-state index in [-0.39, 0.29) is 33.7 Å². The van der Waals surface area contributed by atoms with E-state index in [1.54, 1.807) is 0 Å². The lowest BCUT2D eigenvalue weighted by molar-refractivity contribution is -0.148. The lowest BCUT2D eigenvalue weighted by Gasteiger charge is -2.67. The first-order valence-electron chi connectivity index (χ1n) is 14.9. The molecule has 198 valence electrons. The standard InChI is InChI=1S/C30H46N4O2/c1-27-6-3-21(35)12-25(27)33-16-22-23(27)4-7-28(2)24(22)5-8-30(28,17-31)34(26(32)36)29-13-18-9-19(14-29)11-20(10-18)15-29/h12,18-20,22-24,33H,3-11,13-17,31H2,1-2H3,(H2,32,36)/t18?,19?,20?,22-,23-,24+,27-,28+,29?,30?/m1/s1. The van der Waals surface area contributed by atoms with Crippen LogP contribution in [-0.2, 0) is 4.79 Å². The van der Waals surface area contributed by atoms with Gasteiger partial charge in [0.05, 0.1) is 5.54 Å². The molecule has 0 aromatic carbocycles. The van der Waals surface area contributed by atoms with Crippen molar-refractivity contribution in [3.63, 3.8) is 0 Å². The van der Waals surface area contributed by atoms with Crippen LogP contribution in [-0.4, -0.2) is 40.9 Å². The first-order chi connectivity index (χ1) is 17.1. The highest BCUT2D eigenvalue weighted by molar-refractivity contribution is 5.91. The van der Waals surface area contributed by atoms with Crippen LogP contribution in [0, 0.1) is 46.3 Å². The maximum absolute atomic E-state index is 13.6. The first kappa shape index (κ1) is 23.5. The fraction of sp³-hybridized carbons (Fsp3) is 0.867. The molecule has 7 fully saturated rings. The van der Waals surface area contributed by atoms with Gasteiger partial charge in [-0.25, -0.2) is 4.79 Å². The number of nitrogens with two attached hydrogens (primary N) is 2. The van der Waals surface area contributed by atoms with E-state index >= 15 is 0 Å². The van der Waals surface area contributed by atoms with Gasteiger partial charge >= 0.3 is 6.03 Å². The van der Waals surface area contributed by atoms with Crippen LogP contribution in [0.3, 0.4) is 0 Å². The molecule has 0 radical (unpaired) electrons. The molecule has 0 spiro atoms. The lowest BCUT2D eigenvalue weighted by Crippen LogP contribution is -2.75. The van der Waals surface area contributed by atoms with E-state index in [2.05, 4.69) is 24.1 Å². The third kappa shape index (κ3) is 2.83. The van der Waals surface area contributed by atoms with Crippen molar-refractivity contribution in [2.24, 2.45) is 57.8 Å². The van der Waals surface area contributed by atoms with Crippen molar-refractivity contribution in [3.8, 4) is 0 Å². The Bertz CT molecular complexity index is 987. The Balaban J connectivity index is 1.26. The number of allylic oxidation sites excluding steroid dienone is 2. The summed E-state index contributed by atoms with van der Waals surface area (Å²) in [6, 6.07) is -0.212. The minimum absolute atomic E-state index is 0.0228. The number of hydrogen-bond donors (Lipinski definition) is 3. The van der Waals surface area contributed by atoms with Crippen molar-refractivity contribution in [2.75, 3.05) is 13.1 Å². The molecule has 6 atom stereocenters. The molecule has 0 aromatic rings. The third-order valence-electron chi connectivity index (χ3n) is 13.4. The van der Waals surface area contributed by atoms with Gasteiger partial charge in [-0.1, -0.05) is 13.8 Å². The van der Waals surface area contributed by atoms with E-state index in [4.69, 9.17) is 11.5 Å². The Morgan fingerprint density at radius 2 is 1.67 bits per heavy atom. The second-order valence-electron chi connectivity index (χ2n) is 14.7. The molecule has 1 heterocycles. The number of hydrogen-bond acceptors (Lipinski definition) is 4. The van der Waals surface area contributed by atoms with Crippen LogP contribution in [0.25, 0.3) is 0 Å². The summed E-state index contributed by atoms with van der Waals surface area (Å²) in [5.74, 6) is 4.22. The molecule has 1 saturated heterocycles. The Hall–Kier alpha value is -1.56. The van der Waals surface area contributed by atoms with Gasteiger partial charge in [-0.05, 0) is 112 Å². The Labute approximate surface area is 216 Å². The Morgan fingerprint density at radius 3 is 2.28 bits per heavy atom. The van der Waals surface area contributed by atoms with Gasteiger partial charge in [0.1, 0.15) is 0 Å². The number of nitrogens with zero attached hydrogens (tertiary/aromatic N) is 1. The molecule has 1 unspecified atom stereocenters. The molecular weight excluding hydrogens is 448 g/mol. The van der Waals surface area contributed by atoms with E-state index in [1.807, 2.05) is 6.08 Å². The third-order valence-corrected chi connectivity index (χ3v) is 13.4. The molecular formula is C30H46N4O2. The summed E-state index contributed by atoms with van der Waals surface area (Å²) in [5.41, 5.74) is 14.0. The lowest BCUT2D eigenvalue weighted by atomic mass is 9.47. The fourth-order valence-corrected chi connectivity index (χ4v) is 12.3. The van der Waals surface area contributed by atoms with Crippen LogP contribution in [0.15, 0.2) is 11.8 Å². The molecule has 4 bridgehead atoms. The summed E-state index contributed by atoms with van der Waals surface area (Å²) in [7, 11) is 0. The molecule has 1 aliphatic heterocycles. The average Bonchev–Trinajstić information content (AvgIpc) is 3.11. The van der Waals surface area contributed by atoms with E-state index in [0.29, 0.717) is 30.7 Å². The highest BCUT2D eigenvalue weighted by Gasteiger charge is 2.69. The minimum Gasteiger partial charge on any atom is -0.387 e. The number of ketones is 1. The van der Waals surface area contributed by atoms with Gasteiger partial charge in [0.2, 0.25) is 0 Å². The van der Waals surface area contributed by atoms with Crippen molar-refractivity contribution in [3.05, 3.63) is 11.8 Å². The number of carbonyl (C=O) groups is 2. The van der Waals surface area contributed by atoms with Crippen LogP contribution in [0.4, 0.5) is 4.79 Å². The van der Waals surface area contributed by atoms with Crippen molar-refractivity contribution < 1.29 is 9.59 Å². The smallest absolute Gasteiger partial charge is 0.315 e. The molecule has 5 N–H and O–H groups in total. The number of fused-ring (bicyclic) bond motifs is 5. The van der Waals surface area contributed by atoms with Gasteiger partial charge in [-0.15, -0.1) is 0 Å². The zero-order chi connectivity index (χ0) is 25.1. The van der Waals surface area contributed by atoms with E-state index < -0.39 is 0 Å². The summed E-state index contributed by atoms with van der Waals surface area (Å²) in [6.45, 7) is 6.33. The van der Waals surface area contributed by atoms with Gasteiger partial charge in [-0.3, -0.25) is 4.79 Å². The van der Waals surface area contributed by atoms with Crippen molar-refractivity contribution in [1.29, 1.82) is 0 Å². The molecule has 8 aliphatic rings. The van der Waals surface area contributed by atoms with E-state index in [0.717, 1.165) is 75.7 Å². The SMILES string of the molecule is C[C@]12CCC(=O)C=C1NC[C@@H]1[C@H]2CC[C@@]2(C)[C@H]1CCC2(CN)N(C(N)=O)C12CC3CC(CC(C3)C1)C2. The van der Waals surface area contributed by atoms with Gasteiger partial charge in [0.15, 0.2) is 5.78 Å². The number of urea groups is 1. The summed E-state index contributed by atoms with van der Waals surface area (Å²) < 4.78 is 0. The zero-order valence-electron chi connectivity index (χ0n) is 22.4. The maximum atomic E-state index is 13.6. The number of primary amides is 1. The van der Waals surface area contributed by atoms with Crippen LogP contribution in [0.1, 0.15) is 90.9 Å². The van der Waals surface area contributed by atoms with Crippen molar-refractivity contribution >= 4 is 11.8 Å². The molecule has 36 heavy (non-hydrogen) atoms. The fourth-order valence-electron chi connectivity index (χ4n) is 12.3. The molecule has 0 aromatic heterocycles. The molecule has 8 rings (SSSR count). The average molecular weight is 495 g/mol. The molecule has 6 saturated carbocycles. The van der Waals surface area contributed by atoms with Crippen LogP contribution in [0.2, 0.25) is 0 Å². The van der Waals surface area contributed by atoms with Crippen LogP contribution < -0.4 is 16.8 Å².